The van der Waals surface area contributed by atoms with Crippen molar-refractivity contribution in [2.45, 2.75) is 0 Å². The third-order valence-corrected chi connectivity index (χ3v) is 0.715. The van der Waals surface area contributed by atoms with Crippen LogP contribution in [-0.2, 0) is 4.94 Å². The lowest BCUT2D eigenvalue weighted by Gasteiger charge is -2.01. The van der Waals surface area contributed by atoms with E-state index in [1.807, 2.05) is 0 Å². The molecule has 0 bridgehead atoms. The number of hydrazine groups is 1. The van der Waals surface area contributed by atoms with Gasteiger partial charge in [-0.2, -0.15) is 0 Å². The van der Waals surface area contributed by atoms with Gasteiger partial charge < -0.3 is 5.73 Å². The van der Waals surface area contributed by atoms with Gasteiger partial charge in [0.25, 0.3) is 0 Å². The molecule has 0 fully saturated rings. The third-order valence-electron chi connectivity index (χ3n) is 0.715. The molecule has 0 unspecified atom stereocenters. The van der Waals surface area contributed by atoms with E-state index in [9.17, 15) is 10.1 Å². The fourth-order valence-electron chi connectivity index (χ4n) is 0.372. The Morgan fingerprint density at radius 1 is 2.00 bits per heavy atom. The Bertz CT molecular complexity index is 165. The van der Waals surface area contributed by atoms with Crippen LogP contribution in [0.3, 0.4) is 0 Å². The van der Waals surface area contributed by atoms with Crippen molar-refractivity contribution in [1.29, 1.82) is 0 Å². The van der Waals surface area contributed by atoms with Crippen molar-refractivity contribution >= 4 is 0 Å². The van der Waals surface area contributed by atoms with E-state index in [2.05, 4.69) is 10.4 Å². The molecule has 7 heteroatoms. The van der Waals surface area contributed by atoms with Gasteiger partial charge in [-0.05, 0) is 0 Å². The molecule has 0 atom stereocenters. The molecule has 0 radical (unpaired) electrons. The van der Waals surface area contributed by atoms with Crippen LogP contribution in [-0.4, -0.2) is 10.2 Å². The van der Waals surface area contributed by atoms with Crippen LogP contribution in [0.25, 0.3) is 0 Å². The van der Waals surface area contributed by atoms with Gasteiger partial charge in [-0.3, -0.25) is 0 Å². The number of hydrogen-bond acceptors (Lipinski definition) is 5. The Hall–Kier alpha value is -1.50. The lowest BCUT2D eigenvalue weighted by molar-refractivity contribution is -0.722. The molecule has 0 aliphatic carbocycles. The van der Waals surface area contributed by atoms with Gasteiger partial charge in [-0.25, -0.2) is 15.6 Å². The highest BCUT2D eigenvalue weighted by atomic mass is 16.9. The van der Waals surface area contributed by atoms with Gasteiger partial charge in [-0.1, -0.05) is 4.94 Å². The lowest BCUT2D eigenvalue weighted by atomic mass is 10.8. The Balaban J connectivity index is 2.63. The Morgan fingerprint density at radius 2 is 2.67 bits per heavy atom. The van der Waals surface area contributed by atoms with E-state index in [0.717, 1.165) is 0 Å². The number of hydroxylamine groups is 2. The van der Waals surface area contributed by atoms with Crippen LogP contribution >= 0.6 is 0 Å². The summed E-state index contributed by atoms with van der Waals surface area (Å²) >= 11 is 0. The second-order valence-corrected chi connectivity index (χ2v) is 1.29. The summed E-state index contributed by atoms with van der Waals surface area (Å²) in [5.41, 5.74) is 7.14. The van der Waals surface area contributed by atoms with Crippen LogP contribution in [0.5, 0.6) is 0 Å². The molecule has 50 valence electrons. The first kappa shape index (κ1) is 5.63. The predicted octanol–water partition coefficient (Wildman–Crippen LogP) is -1.31. The quantitative estimate of drug-likeness (QED) is 0.339. The van der Waals surface area contributed by atoms with Gasteiger partial charge in [0.1, 0.15) is 0 Å². The van der Waals surface area contributed by atoms with Gasteiger partial charge in [0, 0.05) is 0 Å². The molecule has 1 heterocycles. The van der Waals surface area contributed by atoms with Crippen LogP contribution < -0.4 is 11.2 Å². The largest absolute Gasteiger partial charge is 0.377 e. The summed E-state index contributed by atoms with van der Waals surface area (Å²) in [6.45, 7) is 0. The summed E-state index contributed by atoms with van der Waals surface area (Å²) in [5.74, 6) is -0.0833. The summed E-state index contributed by atoms with van der Waals surface area (Å²) in [4.78, 5) is 14.1. The normalized spacial score (nSPS) is 16.9. The average molecular weight is 132 g/mol. The van der Waals surface area contributed by atoms with Crippen molar-refractivity contribution < 1.29 is 9.97 Å². The van der Waals surface area contributed by atoms with Crippen LogP contribution in [0.4, 0.5) is 0 Å². The first-order valence-electron chi connectivity index (χ1n) is 2.04. The fraction of sp³-hybridized carbons (Fsp3) is 0. The zero-order chi connectivity index (χ0) is 6.85. The van der Waals surface area contributed by atoms with Crippen LogP contribution in [0.1, 0.15) is 0 Å². The minimum absolute atomic E-state index is 0.0833. The zero-order valence-corrected chi connectivity index (χ0v) is 4.27. The summed E-state index contributed by atoms with van der Waals surface area (Å²) < 4.78 is 0. The van der Waals surface area contributed by atoms with E-state index in [1.54, 1.807) is 0 Å². The summed E-state index contributed by atoms with van der Waals surface area (Å²) in [6.07, 6.45) is 1.17. The highest BCUT2D eigenvalue weighted by Gasteiger charge is 2.23. The molecule has 7 nitrogen and oxygen atoms in total. The molecule has 0 saturated carbocycles. The van der Waals surface area contributed by atoms with Gasteiger partial charge in [0.15, 0.2) is 5.03 Å². The molecule has 3 N–H and O–H groups in total. The molecular formula is C2H4N4O3. The summed E-state index contributed by atoms with van der Waals surface area (Å²) in [6, 6.07) is 0. The van der Waals surface area contributed by atoms with E-state index < -0.39 is 5.03 Å². The second kappa shape index (κ2) is 1.78. The average Bonchev–Trinajstić information content (AvgIpc) is 2.13. The Morgan fingerprint density at radius 3 is 2.89 bits per heavy atom. The van der Waals surface area contributed by atoms with Crippen LogP contribution in [0.15, 0.2) is 12.0 Å². The van der Waals surface area contributed by atoms with E-state index in [1.165, 1.54) is 6.20 Å². The highest BCUT2D eigenvalue weighted by Crippen LogP contribution is 2.01. The molecule has 0 aromatic heterocycles. The van der Waals surface area contributed by atoms with Crippen molar-refractivity contribution in [1.82, 2.24) is 10.7 Å². The number of hydrogen-bond donors (Lipinski definition) is 2. The molecular weight excluding hydrogens is 128 g/mol. The van der Waals surface area contributed by atoms with E-state index in [-0.39, 0.29) is 5.82 Å². The smallest absolute Gasteiger partial charge is 0.219 e. The number of nitrogens with zero attached hydrogens (tertiary/aromatic N) is 2. The molecule has 1 aliphatic heterocycles. The van der Waals surface area contributed by atoms with Crippen molar-refractivity contribution in [3.63, 3.8) is 0 Å². The number of nitrogens with two attached hydrogens (primary N) is 1. The molecule has 0 amide bonds. The van der Waals surface area contributed by atoms with E-state index in [4.69, 9.17) is 5.73 Å². The Labute approximate surface area is 49.7 Å². The van der Waals surface area contributed by atoms with Crippen molar-refractivity contribution in [3.8, 4) is 0 Å². The monoisotopic (exact) mass is 132 g/mol. The number of nitrogens with one attached hydrogen (secondary N) is 1. The van der Waals surface area contributed by atoms with E-state index >= 15 is 0 Å². The molecule has 9 heavy (non-hydrogen) atoms. The molecule has 0 aromatic carbocycles. The fourth-order valence-corrected chi connectivity index (χ4v) is 0.372. The highest BCUT2D eigenvalue weighted by molar-refractivity contribution is 4.89. The van der Waals surface area contributed by atoms with Gasteiger partial charge in [0.05, 0.1) is 11.4 Å². The summed E-state index contributed by atoms with van der Waals surface area (Å²) in [7, 11) is 0. The molecule has 0 spiro atoms. The predicted molar refractivity (Wildman–Crippen MR) is 25.3 cm³/mol. The van der Waals surface area contributed by atoms with E-state index in [0.29, 0.717) is 5.17 Å². The summed E-state index contributed by atoms with van der Waals surface area (Å²) in [5, 5.41) is 9.39. The zero-order valence-electron chi connectivity index (χ0n) is 4.27. The lowest BCUT2D eigenvalue weighted by Crippen LogP contribution is -2.30. The van der Waals surface area contributed by atoms with Crippen LogP contribution in [0.2, 0.25) is 0 Å². The maximum Gasteiger partial charge on any atom is 0.219 e. The minimum atomic E-state index is -0.786. The second-order valence-electron chi connectivity index (χ2n) is 1.29. The minimum Gasteiger partial charge on any atom is -0.377 e. The van der Waals surface area contributed by atoms with Gasteiger partial charge >= 0.3 is 0 Å². The van der Waals surface area contributed by atoms with Gasteiger partial charge in [0.2, 0.25) is 5.82 Å². The van der Waals surface area contributed by atoms with Crippen LogP contribution in [0, 0.1) is 10.1 Å². The first-order valence-corrected chi connectivity index (χ1v) is 2.04. The standard InChI is InChI=1S/C2H4N4O3/c3-2-1-4-9-5(2)6(7)8/h1,4H,3H2. The maximum atomic E-state index is 9.86. The molecule has 0 saturated heterocycles. The SMILES string of the molecule is NC1=CNON1[N+](=O)[O-]. The van der Waals surface area contributed by atoms with Crippen molar-refractivity contribution in [3.05, 3.63) is 22.1 Å². The number of nitro groups is 1. The Kier molecular flexibility index (Phi) is 1.12. The maximum absolute atomic E-state index is 9.86. The van der Waals surface area contributed by atoms with Crippen molar-refractivity contribution in [2.75, 3.05) is 0 Å². The molecule has 0 aromatic rings. The third kappa shape index (κ3) is 0.842. The van der Waals surface area contributed by atoms with Gasteiger partial charge in [-0.15, -0.1) is 0 Å². The van der Waals surface area contributed by atoms with Crippen molar-refractivity contribution in [2.24, 2.45) is 5.73 Å². The topological polar surface area (TPSA) is 93.7 Å². The first-order chi connectivity index (χ1) is 4.22. The molecule has 1 rings (SSSR count). The number of rotatable bonds is 1. The molecule has 1 aliphatic rings.